The predicted molar refractivity (Wildman–Crippen MR) is 159 cm³/mol. The Hall–Kier alpha value is -1.60. The van der Waals surface area contributed by atoms with Gasteiger partial charge in [0.25, 0.3) is 0 Å². The number of carbonyl (C=O) groups excluding carboxylic acids is 2. The van der Waals surface area contributed by atoms with Crippen LogP contribution in [0.3, 0.4) is 0 Å². The van der Waals surface area contributed by atoms with Crippen molar-refractivity contribution in [1.82, 2.24) is 4.90 Å². The van der Waals surface area contributed by atoms with Gasteiger partial charge in [0.2, 0.25) is 5.79 Å². The number of aliphatic hydroxyl groups is 5. The van der Waals surface area contributed by atoms with E-state index < -0.39 is 93.9 Å². The summed E-state index contributed by atoms with van der Waals surface area (Å²) in [5.74, 6) is -6.08. The largest absolute Gasteiger partial charge is 0.457 e. The molecule has 4 bridgehead atoms. The van der Waals surface area contributed by atoms with Crippen LogP contribution in [0.1, 0.15) is 80.1 Å². The molecule has 11 heteroatoms. The van der Waals surface area contributed by atoms with Crippen LogP contribution in [0.5, 0.6) is 0 Å². The predicted octanol–water partition coefficient (Wildman–Crippen LogP) is 1.27. The summed E-state index contributed by atoms with van der Waals surface area (Å²) in [7, 11) is 0. The van der Waals surface area contributed by atoms with Crippen molar-refractivity contribution < 1.29 is 49.3 Å². The zero-order chi connectivity index (χ0) is 32.6. The van der Waals surface area contributed by atoms with Gasteiger partial charge in [0, 0.05) is 54.8 Å². The molecule has 252 valence electrons. The SMILES string of the molecule is C/C=C(/C)C(=O)O[C@H]1[C@H](O)[C@H]2[C@@H](CN3C[C@@H](C)CC[C@H]3[C@@]2(C)O)[C@@H]2C[C@]34O[C@]5(O)[C@@H](OC(C)=O)CC[C@@]3(C)[C@@H]5C[C@@H](O)[C@H]4[C@@]21O. The number of piperidine rings is 2. The number of allylic oxidation sites excluding steroid dienone is 1. The molecule has 3 heterocycles. The lowest BCUT2D eigenvalue weighted by Gasteiger charge is -2.64. The first-order valence-corrected chi connectivity index (χ1v) is 17.0. The number of rotatable bonds is 3. The normalized spacial score (nSPS) is 56.9. The number of aliphatic hydroxyl groups excluding tert-OH is 2. The molecule has 45 heavy (non-hydrogen) atoms. The van der Waals surface area contributed by atoms with E-state index in [0.717, 1.165) is 19.4 Å². The second-order valence-corrected chi connectivity index (χ2v) is 16.2. The van der Waals surface area contributed by atoms with Crippen molar-refractivity contribution in [3.8, 4) is 0 Å². The molecule has 4 saturated carbocycles. The standard InChI is InChI=1S/C34H51NO10/c1-7-17(3)29(39)44-28-26(38)25-19(15-35-14-16(2)8-9-23(35)31(25,6)40)20-13-32-27(33(20,28)41)21(37)12-22-30(32,5)11-10-24(43-18(4)36)34(22,42)45-32/h7,16,19-28,37-38,40-42H,8-15H2,1-6H3/b17-7-/t16-,19-,20-,21+,22-,23-,24-,25+,26+,27+,28-,30-,31+,32+,33-,34-/m0/s1. The van der Waals surface area contributed by atoms with Crippen molar-refractivity contribution in [2.75, 3.05) is 13.1 Å². The van der Waals surface area contributed by atoms with E-state index in [-0.39, 0.29) is 18.9 Å². The first kappa shape index (κ1) is 32.0. The maximum atomic E-state index is 13.4. The van der Waals surface area contributed by atoms with Gasteiger partial charge in [-0.05, 0) is 77.0 Å². The number of ether oxygens (including phenoxy) is 3. The lowest BCUT2D eigenvalue weighted by atomic mass is 9.49. The molecule has 7 fully saturated rings. The molecule has 3 saturated heterocycles. The number of nitrogens with zero attached hydrogens (tertiary/aromatic N) is 1. The van der Waals surface area contributed by atoms with Crippen LogP contribution in [0.2, 0.25) is 0 Å². The molecule has 3 aliphatic heterocycles. The van der Waals surface area contributed by atoms with Crippen molar-refractivity contribution in [2.24, 2.45) is 40.9 Å². The van der Waals surface area contributed by atoms with Crippen LogP contribution in [0.4, 0.5) is 0 Å². The Morgan fingerprint density at radius 1 is 1.02 bits per heavy atom. The summed E-state index contributed by atoms with van der Waals surface area (Å²) in [6.45, 7) is 11.9. The minimum atomic E-state index is -1.94. The molecule has 0 aromatic heterocycles. The second-order valence-electron chi connectivity index (χ2n) is 16.2. The molecule has 16 atom stereocenters. The van der Waals surface area contributed by atoms with Crippen molar-refractivity contribution in [3.63, 3.8) is 0 Å². The Morgan fingerprint density at radius 3 is 2.40 bits per heavy atom. The van der Waals surface area contributed by atoms with Gasteiger partial charge in [0.05, 0.1) is 23.4 Å². The molecule has 7 aliphatic rings. The minimum Gasteiger partial charge on any atom is -0.457 e. The lowest BCUT2D eigenvalue weighted by molar-refractivity contribution is -0.298. The van der Waals surface area contributed by atoms with E-state index in [0.29, 0.717) is 30.9 Å². The Morgan fingerprint density at radius 2 is 1.73 bits per heavy atom. The van der Waals surface area contributed by atoms with Crippen LogP contribution in [-0.2, 0) is 23.8 Å². The molecule has 0 amide bonds. The highest BCUT2D eigenvalue weighted by Crippen LogP contribution is 2.77. The molecular formula is C34H51NO10. The van der Waals surface area contributed by atoms with Crippen LogP contribution in [-0.4, -0.2) is 109 Å². The van der Waals surface area contributed by atoms with Crippen molar-refractivity contribution >= 4 is 11.9 Å². The molecule has 0 radical (unpaired) electrons. The molecule has 5 N–H and O–H groups in total. The first-order chi connectivity index (χ1) is 21.0. The van der Waals surface area contributed by atoms with Gasteiger partial charge in [-0.25, -0.2) is 4.79 Å². The maximum Gasteiger partial charge on any atom is 0.333 e. The van der Waals surface area contributed by atoms with Gasteiger partial charge >= 0.3 is 11.9 Å². The van der Waals surface area contributed by atoms with Crippen LogP contribution in [0, 0.1) is 40.9 Å². The highest BCUT2D eigenvalue weighted by Gasteiger charge is 2.87. The Bertz CT molecular complexity index is 1300. The monoisotopic (exact) mass is 633 g/mol. The van der Waals surface area contributed by atoms with E-state index >= 15 is 0 Å². The Labute approximate surface area is 264 Å². The summed E-state index contributed by atoms with van der Waals surface area (Å²) in [5.41, 5.74) is -4.98. The summed E-state index contributed by atoms with van der Waals surface area (Å²) in [5, 5.41) is 62.1. The smallest absolute Gasteiger partial charge is 0.333 e. The maximum absolute atomic E-state index is 13.4. The fourth-order valence-electron chi connectivity index (χ4n) is 12.2. The van der Waals surface area contributed by atoms with Crippen LogP contribution < -0.4 is 0 Å². The number of hydrogen-bond donors (Lipinski definition) is 5. The van der Waals surface area contributed by atoms with Crippen molar-refractivity contribution in [1.29, 1.82) is 0 Å². The summed E-state index contributed by atoms with van der Waals surface area (Å²) in [6, 6.07) is -0.203. The molecule has 7 rings (SSSR count). The van der Waals surface area contributed by atoms with Crippen LogP contribution in [0.15, 0.2) is 11.6 Å². The quantitative estimate of drug-likeness (QED) is 0.224. The van der Waals surface area contributed by atoms with Gasteiger partial charge in [-0.2, -0.15) is 0 Å². The van der Waals surface area contributed by atoms with Crippen LogP contribution in [0.25, 0.3) is 0 Å². The molecule has 4 aliphatic carbocycles. The Kier molecular flexibility index (Phi) is 7.08. The topological polar surface area (TPSA) is 166 Å². The zero-order valence-electron chi connectivity index (χ0n) is 27.3. The number of carbonyl (C=O) groups is 2. The third kappa shape index (κ3) is 3.89. The third-order valence-electron chi connectivity index (χ3n) is 14.1. The van der Waals surface area contributed by atoms with Crippen molar-refractivity contribution in [3.05, 3.63) is 11.6 Å². The van der Waals surface area contributed by atoms with E-state index in [1.165, 1.54) is 6.92 Å². The van der Waals surface area contributed by atoms with Gasteiger partial charge < -0.3 is 39.7 Å². The molecule has 0 aromatic rings. The van der Waals surface area contributed by atoms with Gasteiger partial charge in [-0.1, -0.05) is 19.9 Å². The van der Waals surface area contributed by atoms with Crippen molar-refractivity contribution in [2.45, 2.75) is 133 Å². The first-order valence-electron chi connectivity index (χ1n) is 17.0. The second kappa shape index (κ2) is 9.96. The van der Waals surface area contributed by atoms with Gasteiger partial charge in [-0.15, -0.1) is 0 Å². The highest BCUT2D eigenvalue weighted by molar-refractivity contribution is 5.87. The number of esters is 2. The summed E-state index contributed by atoms with van der Waals surface area (Å²) in [4.78, 5) is 27.7. The Balaban J connectivity index is 1.39. The van der Waals surface area contributed by atoms with Gasteiger partial charge in [0.15, 0.2) is 12.2 Å². The minimum absolute atomic E-state index is 0.0778. The van der Waals surface area contributed by atoms with E-state index in [4.69, 9.17) is 14.2 Å². The average molecular weight is 634 g/mol. The molecular weight excluding hydrogens is 582 g/mol. The highest BCUT2D eigenvalue weighted by atomic mass is 16.7. The van der Waals surface area contributed by atoms with E-state index in [2.05, 4.69) is 11.8 Å². The fourth-order valence-corrected chi connectivity index (χ4v) is 12.2. The van der Waals surface area contributed by atoms with E-state index in [9.17, 15) is 35.1 Å². The summed E-state index contributed by atoms with van der Waals surface area (Å²) < 4.78 is 18.5. The molecule has 1 spiro atoms. The molecule has 0 aromatic carbocycles. The third-order valence-corrected chi connectivity index (χ3v) is 14.1. The fraction of sp³-hybridized carbons (Fsp3) is 0.882. The number of hydrogen-bond acceptors (Lipinski definition) is 11. The molecule has 11 nitrogen and oxygen atoms in total. The lowest BCUT2D eigenvalue weighted by Crippen LogP contribution is -2.77. The van der Waals surface area contributed by atoms with Crippen LogP contribution >= 0.6 is 0 Å². The van der Waals surface area contributed by atoms with Gasteiger partial charge in [-0.3, -0.25) is 9.69 Å². The average Bonchev–Trinajstić information content (AvgIpc) is 3.24. The molecule has 0 unspecified atom stereocenters. The summed E-state index contributed by atoms with van der Waals surface area (Å²) in [6.07, 6.45) is -0.501. The summed E-state index contributed by atoms with van der Waals surface area (Å²) >= 11 is 0. The van der Waals surface area contributed by atoms with E-state index in [1.54, 1.807) is 26.8 Å². The number of fused-ring (bicyclic) bond motifs is 5. The van der Waals surface area contributed by atoms with E-state index in [1.807, 2.05) is 6.92 Å². The zero-order valence-corrected chi connectivity index (χ0v) is 27.3. The van der Waals surface area contributed by atoms with Gasteiger partial charge in [0.1, 0.15) is 5.60 Å².